The van der Waals surface area contributed by atoms with Crippen molar-refractivity contribution < 1.29 is 0 Å². The lowest BCUT2D eigenvalue weighted by Crippen LogP contribution is -2.03. The molecule has 0 radical (unpaired) electrons. The fourth-order valence-electron chi connectivity index (χ4n) is 8.07. The first-order chi connectivity index (χ1) is 30.2. The summed E-state index contributed by atoms with van der Waals surface area (Å²) in [6.07, 6.45) is 8.50. The van der Waals surface area contributed by atoms with Crippen molar-refractivity contribution in [1.82, 2.24) is 34.5 Å². The Bertz CT molecular complexity index is 3210. The third-order valence-electron chi connectivity index (χ3n) is 11.1. The van der Waals surface area contributed by atoms with Crippen LogP contribution in [0.15, 0.2) is 200 Å². The van der Waals surface area contributed by atoms with E-state index in [1.807, 2.05) is 91.0 Å². The maximum absolute atomic E-state index is 5.04. The molecule has 0 bridgehead atoms. The zero-order valence-electron chi connectivity index (χ0n) is 33.1. The first-order valence-electron chi connectivity index (χ1n) is 20.5. The summed E-state index contributed by atoms with van der Waals surface area (Å²) in [6, 6.07) is 62.6. The molecule has 0 saturated heterocycles. The Labute approximate surface area is 353 Å². The third-order valence-corrected chi connectivity index (χ3v) is 11.1. The van der Waals surface area contributed by atoms with Crippen LogP contribution in [0.1, 0.15) is 18.7 Å². The number of para-hydroxylation sites is 1. The molecule has 0 fully saturated rings. The van der Waals surface area contributed by atoms with Gasteiger partial charge in [0.1, 0.15) is 0 Å². The lowest BCUT2D eigenvalue weighted by atomic mass is 10.0. The van der Waals surface area contributed by atoms with Crippen LogP contribution < -0.4 is 0 Å². The summed E-state index contributed by atoms with van der Waals surface area (Å²) in [6.45, 7) is 0. The van der Waals surface area contributed by atoms with Crippen LogP contribution in [0.5, 0.6) is 0 Å². The summed E-state index contributed by atoms with van der Waals surface area (Å²) in [7, 11) is 0. The molecule has 0 atom stereocenters. The molecule has 7 heteroatoms. The predicted molar refractivity (Wildman–Crippen MR) is 247 cm³/mol. The van der Waals surface area contributed by atoms with Crippen molar-refractivity contribution in [2.75, 3.05) is 0 Å². The maximum atomic E-state index is 5.04. The average molecular weight is 784 g/mol. The Balaban J connectivity index is 1.01. The van der Waals surface area contributed by atoms with Gasteiger partial charge in [-0.15, -0.1) is 0 Å². The number of fused-ring (bicyclic) bond motifs is 3. The second-order valence-corrected chi connectivity index (χ2v) is 15.1. The fraction of sp³-hybridized carbons (Fsp3) is 0.0370. The van der Waals surface area contributed by atoms with E-state index in [0.717, 1.165) is 84.9 Å². The molecule has 10 aromatic rings. The van der Waals surface area contributed by atoms with Crippen molar-refractivity contribution in [1.29, 1.82) is 0 Å². The van der Waals surface area contributed by atoms with Crippen molar-refractivity contribution in [3.8, 4) is 73.8 Å². The summed E-state index contributed by atoms with van der Waals surface area (Å²) < 4.78 is 2.34. The van der Waals surface area contributed by atoms with E-state index in [9.17, 15) is 0 Å². The number of hydrogen-bond donors (Lipinski definition) is 0. The molecule has 0 spiro atoms. The van der Waals surface area contributed by atoms with Gasteiger partial charge in [-0.05, 0) is 48.2 Å². The lowest BCUT2D eigenvalue weighted by molar-refractivity contribution is 1.01. The van der Waals surface area contributed by atoms with Crippen LogP contribution in [0.4, 0.5) is 0 Å². The Morgan fingerprint density at radius 3 is 1.21 bits per heavy atom. The van der Waals surface area contributed by atoms with Crippen LogP contribution in [0, 0.1) is 0 Å². The van der Waals surface area contributed by atoms with Gasteiger partial charge in [0.05, 0.1) is 11.0 Å². The Kier molecular flexibility index (Phi) is 9.16. The monoisotopic (exact) mass is 783 g/mol. The van der Waals surface area contributed by atoms with Crippen molar-refractivity contribution in [3.63, 3.8) is 0 Å². The molecule has 3 heterocycles. The predicted octanol–water partition coefficient (Wildman–Crippen LogP) is 12.9. The summed E-state index contributed by atoms with van der Waals surface area (Å²) in [5, 5.41) is 2.31. The molecule has 7 aromatic carbocycles. The molecular weight excluding hydrogens is 747 g/mol. The molecule has 7 nitrogen and oxygen atoms in total. The second kappa shape index (κ2) is 15.5. The number of nitrogens with zero attached hydrogens (tertiary/aromatic N) is 7. The van der Waals surface area contributed by atoms with Crippen molar-refractivity contribution >= 4 is 27.4 Å². The summed E-state index contributed by atoms with van der Waals surface area (Å²) in [5.74, 6) is 3.89. The first-order valence-corrected chi connectivity index (χ1v) is 20.5. The molecule has 11 rings (SSSR count). The van der Waals surface area contributed by atoms with E-state index in [0.29, 0.717) is 34.9 Å². The highest BCUT2D eigenvalue weighted by Gasteiger charge is 2.18. The SMILES string of the molecule is C1=CC(c2nc(-c3ccccc3)nc(-c3ccc(-c4ccc5c6ccc(-c7nc(-c8ccccc8)nc(-c8ccccc8)n7)cc6n(-c6ccccc6)c5c4)cc3)n2)=CCC1. The molecule has 288 valence electrons. The standard InChI is InChI=1S/C54H37N7/c1-6-16-37(17-7-1)49-55-50(38-18-8-2-9-19-38)58-53(57-49)41-28-26-36(27-29-41)42-30-32-45-46-33-31-43(35-48(46)61(47(45)34-42)44-24-14-5-15-25-44)54-59-51(39-20-10-3-11-21-39)56-52(60-54)40-22-12-4-13-23-40/h1,3-8,10-35H,2,9H2. The minimum atomic E-state index is 0.619. The smallest absolute Gasteiger partial charge is 0.164 e. The lowest BCUT2D eigenvalue weighted by Gasteiger charge is -2.11. The van der Waals surface area contributed by atoms with Gasteiger partial charge < -0.3 is 4.57 Å². The van der Waals surface area contributed by atoms with E-state index < -0.39 is 0 Å². The van der Waals surface area contributed by atoms with Gasteiger partial charge in [0.15, 0.2) is 34.9 Å². The van der Waals surface area contributed by atoms with Crippen molar-refractivity contribution in [3.05, 3.63) is 206 Å². The molecule has 0 aliphatic heterocycles. The van der Waals surface area contributed by atoms with Crippen LogP contribution in [-0.4, -0.2) is 34.5 Å². The zero-order valence-corrected chi connectivity index (χ0v) is 33.1. The minimum absolute atomic E-state index is 0.619. The number of allylic oxidation sites excluding steroid dienone is 4. The highest BCUT2D eigenvalue weighted by Crippen LogP contribution is 2.37. The highest BCUT2D eigenvalue weighted by molar-refractivity contribution is 6.11. The molecule has 0 amide bonds. The van der Waals surface area contributed by atoms with E-state index in [-0.39, 0.29) is 0 Å². The van der Waals surface area contributed by atoms with Crippen LogP contribution in [0.3, 0.4) is 0 Å². The number of aromatic nitrogens is 7. The van der Waals surface area contributed by atoms with E-state index in [1.165, 1.54) is 0 Å². The van der Waals surface area contributed by atoms with Gasteiger partial charge in [0, 0.05) is 49.9 Å². The van der Waals surface area contributed by atoms with E-state index in [2.05, 4.69) is 114 Å². The van der Waals surface area contributed by atoms with Crippen molar-refractivity contribution in [2.24, 2.45) is 0 Å². The van der Waals surface area contributed by atoms with E-state index >= 15 is 0 Å². The van der Waals surface area contributed by atoms with Crippen LogP contribution in [0.25, 0.3) is 101 Å². The summed E-state index contributed by atoms with van der Waals surface area (Å²) in [4.78, 5) is 29.8. The van der Waals surface area contributed by atoms with Gasteiger partial charge in [0.25, 0.3) is 0 Å². The molecule has 1 aliphatic rings. The van der Waals surface area contributed by atoms with Gasteiger partial charge >= 0.3 is 0 Å². The molecular formula is C54H37N7. The average Bonchev–Trinajstić information content (AvgIpc) is 3.68. The summed E-state index contributed by atoms with van der Waals surface area (Å²) >= 11 is 0. The minimum Gasteiger partial charge on any atom is -0.309 e. The Morgan fingerprint density at radius 2 is 0.721 bits per heavy atom. The number of hydrogen-bond acceptors (Lipinski definition) is 6. The number of benzene rings is 7. The van der Waals surface area contributed by atoms with Gasteiger partial charge in [-0.3, -0.25) is 0 Å². The Morgan fingerprint density at radius 1 is 0.328 bits per heavy atom. The first kappa shape index (κ1) is 36.0. The quantitative estimate of drug-likeness (QED) is 0.153. The molecule has 0 N–H and O–H groups in total. The zero-order chi connectivity index (χ0) is 40.5. The van der Waals surface area contributed by atoms with Crippen LogP contribution in [-0.2, 0) is 0 Å². The van der Waals surface area contributed by atoms with Gasteiger partial charge in [-0.25, -0.2) is 29.9 Å². The van der Waals surface area contributed by atoms with Crippen molar-refractivity contribution in [2.45, 2.75) is 12.8 Å². The molecule has 0 saturated carbocycles. The third kappa shape index (κ3) is 6.98. The second-order valence-electron chi connectivity index (χ2n) is 15.1. The molecule has 0 unspecified atom stereocenters. The highest BCUT2D eigenvalue weighted by atomic mass is 15.0. The van der Waals surface area contributed by atoms with E-state index in [4.69, 9.17) is 29.9 Å². The Hall–Kier alpha value is -8.16. The number of rotatable bonds is 8. The van der Waals surface area contributed by atoms with Crippen LogP contribution in [0.2, 0.25) is 0 Å². The largest absolute Gasteiger partial charge is 0.309 e. The maximum Gasteiger partial charge on any atom is 0.164 e. The molecule has 3 aromatic heterocycles. The van der Waals surface area contributed by atoms with E-state index in [1.54, 1.807) is 0 Å². The molecule has 1 aliphatic carbocycles. The molecule has 61 heavy (non-hydrogen) atoms. The van der Waals surface area contributed by atoms with Gasteiger partial charge in [-0.1, -0.05) is 176 Å². The summed E-state index contributed by atoms with van der Waals surface area (Å²) in [5.41, 5.74) is 11.1. The topological polar surface area (TPSA) is 82.3 Å². The van der Waals surface area contributed by atoms with Crippen LogP contribution >= 0.6 is 0 Å². The van der Waals surface area contributed by atoms with Gasteiger partial charge in [0.2, 0.25) is 0 Å². The normalized spacial score (nSPS) is 12.5. The van der Waals surface area contributed by atoms with Gasteiger partial charge in [-0.2, -0.15) is 0 Å². The fourth-order valence-corrected chi connectivity index (χ4v) is 8.07.